The molecule has 0 bridgehead atoms. The van der Waals surface area contributed by atoms with Crippen molar-refractivity contribution in [3.8, 4) is 11.5 Å². The van der Waals surface area contributed by atoms with Gasteiger partial charge in [0.2, 0.25) is 6.79 Å². The predicted octanol–water partition coefficient (Wildman–Crippen LogP) is 2.45. The van der Waals surface area contributed by atoms with E-state index in [0.29, 0.717) is 17.1 Å². The molecule has 1 amide bonds. The second kappa shape index (κ2) is 3.90. The van der Waals surface area contributed by atoms with Gasteiger partial charge in [-0.25, -0.2) is 0 Å². The number of hydrogen-bond acceptors (Lipinski definition) is 3. The lowest BCUT2D eigenvalue weighted by Gasteiger charge is -2.19. The Labute approximate surface area is 106 Å². The van der Waals surface area contributed by atoms with Crippen molar-refractivity contribution in [2.75, 3.05) is 13.3 Å². The molecule has 4 heteroatoms. The summed E-state index contributed by atoms with van der Waals surface area (Å²) in [4.78, 5) is 14.1. The second-order valence-corrected chi connectivity index (χ2v) is 5.55. The fraction of sp³-hybridized carbons (Fsp3) is 0.429. The van der Waals surface area contributed by atoms with Crippen molar-refractivity contribution in [2.45, 2.75) is 20.3 Å². The highest BCUT2D eigenvalue weighted by Gasteiger charge is 2.33. The summed E-state index contributed by atoms with van der Waals surface area (Å²) in [5.74, 6) is 1.38. The number of nitrogens with zero attached hydrogens (tertiary/aromatic N) is 1. The fourth-order valence-electron chi connectivity index (χ4n) is 2.30. The lowest BCUT2D eigenvalue weighted by molar-refractivity contribution is 0.0803. The molecule has 3 rings (SSSR count). The van der Waals surface area contributed by atoms with Crippen LogP contribution in [0.15, 0.2) is 18.2 Å². The Morgan fingerprint density at radius 1 is 1.28 bits per heavy atom. The maximum atomic E-state index is 12.3. The van der Waals surface area contributed by atoms with Crippen molar-refractivity contribution in [3.05, 3.63) is 30.3 Å². The first-order valence-electron chi connectivity index (χ1n) is 6.09. The first kappa shape index (κ1) is 11.4. The van der Waals surface area contributed by atoms with E-state index in [-0.39, 0.29) is 18.1 Å². The SMILES string of the molecule is CC1(C)C[CH]N(C(=O)c2ccc3c(c2)OCO3)C1. The van der Waals surface area contributed by atoms with Gasteiger partial charge >= 0.3 is 0 Å². The number of carbonyl (C=O) groups is 1. The highest BCUT2D eigenvalue weighted by Crippen LogP contribution is 2.35. The van der Waals surface area contributed by atoms with Crippen molar-refractivity contribution in [1.29, 1.82) is 0 Å². The van der Waals surface area contributed by atoms with Crippen LogP contribution in [0.1, 0.15) is 30.6 Å². The maximum absolute atomic E-state index is 12.3. The van der Waals surface area contributed by atoms with E-state index in [9.17, 15) is 4.79 Å². The summed E-state index contributed by atoms with van der Waals surface area (Å²) >= 11 is 0. The molecule has 0 aromatic heterocycles. The van der Waals surface area contributed by atoms with Crippen LogP contribution in [0, 0.1) is 12.0 Å². The summed E-state index contributed by atoms with van der Waals surface area (Å²) in [5.41, 5.74) is 0.819. The largest absolute Gasteiger partial charge is 0.454 e. The second-order valence-electron chi connectivity index (χ2n) is 5.55. The molecule has 2 aliphatic heterocycles. The summed E-state index contributed by atoms with van der Waals surface area (Å²) in [6.07, 6.45) is 0.934. The molecule has 0 N–H and O–H groups in total. The van der Waals surface area contributed by atoms with Crippen molar-refractivity contribution in [1.82, 2.24) is 4.90 Å². The molecule has 18 heavy (non-hydrogen) atoms. The first-order valence-corrected chi connectivity index (χ1v) is 6.09. The normalized spacial score (nSPS) is 20.2. The zero-order valence-corrected chi connectivity index (χ0v) is 10.6. The number of fused-ring (bicyclic) bond motifs is 1. The van der Waals surface area contributed by atoms with Crippen molar-refractivity contribution >= 4 is 5.91 Å². The summed E-state index contributed by atoms with van der Waals surface area (Å²) in [6, 6.07) is 5.33. The lowest BCUT2D eigenvalue weighted by atomic mass is 9.93. The Balaban J connectivity index is 1.81. The van der Waals surface area contributed by atoms with E-state index in [1.165, 1.54) is 0 Å². The van der Waals surface area contributed by atoms with E-state index >= 15 is 0 Å². The van der Waals surface area contributed by atoms with E-state index < -0.39 is 0 Å². The van der Waals surface area contributed by atoms with Gasteiger partial charge in [0.1, 0.15) is 0 Å². The molecule has 2 aliphatic rings. The summed E-state index contributed by atoms with van der Waals surface area (Å²) in [7, 11) is 0. The Kier molecular flexibility index (Phi) is 2.47. The van der Waals surface area contributed by atoms with Gasteiger partial charge in [0, 0.05) is 12.1 Å². The quantitative estimate of drug-likeness (QED) is 0.764. The van der Waals surface area contributed by atoms with Crippen LogP contribution in [-0.2, 0) is 0 Å². The minimum absolute atomic E-state index is 0.0267. The van der Waals surface area contributed by atoms with Crippen LogP contribution in [0.3, 0.4) is 0 Å². The minimum atomic E-state index is 0.0267. The summed E-state index contributed by atoms with van der Waals surface area (Å²) in [5, 5.41) is 0. The molecule has 95 valence electrons. The Bertz CT molecular complexity index is 496. The number of benzene rings is 1. The monoisotopic (exact) mass is 246 g/mol. The van der Waals surface area contributed by atoms with Gasteiger partial charge in [-0.1, -0.05) is 13.8 Å². The minimum Gasteiger partial charge on any atom is -0.454 e. The van der Waals surface area contributed by atoms with Gasteiger partial charge in [0.25, 0.3) is 5.91 Å². The topological polar surface area (TPSA) is 38.8 Å². The van der Waals surface area contributed by atoms with Crippen LogP contribution in [0.25, 0.3) is 0 Å². The highest BCUT2D eigenvalue weighted by molar-refractivity contribution is 5.95. The highest BCUT2D eigenvalue weighted by atomic mass is 16.7. The third-order valence-electron chi connectivity index (χ3n) is 3.34. The smallest absolute Gasteiger partial charge is 0.254 e. The molecule has 0 unspecified atom stereocenters. The molecule has 1 radical (unpaired) electrons. The van der Waals surface area contributed by atoms with Crippen molar-refractivity contribution in [3.63, 3.8) is 0 Å². The van der Waals surface area contributed by atoms with E-state index in [1.807, 2.05) is 6.54 Å². The fourth-order valence-corrected chi connectivity index (χ4v) is 2.30. The third kappa shape index (κ3) is 1.92. The average Bonchev–Trinajstić information content (AvgIpc) is 2.93. The molecular formula is C14H16NO3. The first-order chi connectivity index (χ1) is 8.55. The number of rotatable bonds is 1. The zero-order chi connectivity index (χ0) is 12.8. The molecule has 4 nitrogen and oxygen atoms in total. The van der Waals surface area contributed by atoms with Crippen molar-refractivity contribution in [2.24, 2.45) is 5.41 Å². The van der Waals surface area contributed by atoms with Crippen LogP contribution in [-0.4, -0.2) is 24.1 Å². The predicted molar refractivity (Wildman–Crippen MR) is 66.3 cm³/mol. The van der Waals surface area contributed by atoms with Crippen LogP contribution < -0.4 is 9.47 Å². The van der Waals surface area contributed by atoms with Crippen LogP contribution in [0.5, 0.6) is 11.5 Å². The molecule has 0 aliphatic carbocycles. The van der Waals surface area contributed by atoms with Gasteiger partial charge in [0.05, 0.1) is 6.54 Å². The molecule has 2 heterocycles. The average molecular weight is 246 g/mol. The van der Waals surface area contributed by atoms with Gasteiger partial charge in [-0.15, -0.1) is 0 Å². The van der Waals surface area contributed by atoms with Gasteiger partial charge in [-0.05, 0) is 30.0 Å². The number of likely N-dealkylation sites (tertiary alicyclic amines) is 1. The van der Waals surface area contributed by atoms with Crippen LogP contribution in [0.2, 0.25) is 0 Å². The summed E-state index contributed by atoms with van der Waals surface area (Å²) < 4.78 is 10.5. The molecular weight excluding hydrogens is 230 g/mol. The number of ether oxygens (including phenoxy) is 2. The van der Waals surface area contributed by atoms with Gasteiger partial charge in [-0.3, -0.25) is 4.79 Å². The molecule has 1 aromatic rings. The molecule has 1 fully saturated rings. The third-order valence-corrected chi connectivity index (χ3v) is 3.34. The molecule has 0 atom stereocenters. The number of amides is 1. The van der Waals surface area contributed by atoms with Crippen LogP contribution in [0.4, 0.5) is 0 Å². The van der Waals surface area contributed by atoms with Crippen LogP contribution >= 0.6 is 0 Å². The summed E-state index contributed by atoms with van der Waals surface area (Å²) in [6.45, 7) is 7.30. The zero-order valence-electron chi connectivity index (χ0n) is 10.6. The number of carbonyl (C=O) groups excluding carboxylic acids is 1. The van der Waals surface area contributed by atoms with E-state index in [1.54, 1.807) is 23.1 Å². The molecule has 0 saturated carbocycles. The van der Waals surface area contributed by atoms with Crippen molar-refractivity contribution < 1.29 is 14.3 Å². The van der Waals surface area contributed by atoms with E-state index in [4.69, 9.17) is 9.47 Å². The molecule has 0 spiro atoms. The maximum Gasteiger partial charge on any atom is 0.254 e. The van der Waals surface area contributed by atoms with Gasteiger partial charge in [0.15, 0.2) is 11.5 Å². The van der Waals surface area contributed by atoms with Gasteiger partial charge < -0.3 is 14.4 Å². The Morgan fingerprint density at radius 2 is 2.06 bits per heavy atom. The molecule has 1 saturated heterocycles. The Morgan fingerprint density at radius 3 is 2.78 bits per heavy atom. The van der Waals surface area contributed by atoms with E-state index in [0.717, 1.165) is 13.0 Å². The lowest BCUT2D eigenvalue weighted by Crippen LogP contribution is -2.28. The van der Waals surface area contributed by atoms with E-state index in [2.05, 4.69) is 13.8 Å². The van der Waals surface area contributed by atoms with Gasteiger partial charge in [-0.2, -0.15) is 0 Å². The number of hydrogen-bond donors (Lipinski definition) is 0. The Hall–Kier alpha value is -1.71. The molecule has 1 aromatic carbocycles. The standard InChI is InChI=1S/C14H16NO3/c1-14(2)5-6-15(8-14)13(16)10-3-4-11-12(7-10)18-9-17-11/h3-4,6-7H,5,8-9H2,1-2H3.